The molecule has 0 aliphatic heterocycles. The predicted octanol–water partition coefficient (Wildman–Crippen LogP) is 0.435. The first kappa shape index (κ1) is 14.5. The van der Waals surface area contributed by atoms with Crippen LogP contribution in [0.2, 0.25) is 0 Å². The number of phenolic OH excluding ortho intramolecular Hbond substituents is 1. The Morgan fingerprint density at radius 2 is 1.89 bits per heavy atom. The number of benzene rings is 1. The zero-order chi connectivity index (χ0) is 13.8. The van der Waals surface area contributed by atoms with E-state index in [1.807, 2.05) is 19.0 Å². The number of carbonyl (C=O) groups excluding carboxylic acids is 1. The molecule has 1 atom stereocenters. The summed E-state index contributed by atoms with van der Waals surface area (Å²) >= 11 is 0. The van der Waals surface area contributed by atoms with Crippen LogP contribution in [0.4, 0.5) is 0 Å². The van der Waals surface area contributed by atoms with E-state index in [0.29, 0.717) is 12.1 Å². The number of hydrogen-bond donors (Lipinski definition) is 3. The number of nitrogens with zero attached hydrogens (tertiary/aromatic N) is 1. The first-order chi connectivity index (χ1) is 8.30. The molecule has 0 bridgehead atoms. The van der Waals surface area contributed by atoms with Crippen LogP contribution in [0.15, 0.2) is 24.3 Å². The fraction of sp³-hybridized carbons (Fsp3) is 0.462. The molecular formula is C13H20N2O3. The van der Waals surface area contributed by atoms with Gasteiger partial charge in [-0.05, 0) is 45.3 Å². The van der Waals surface area contributed by atoms with Crippen LogP contribution in [0.3, 0.4) is 0 Å². The molecule has 0 aliphatic carbocycles. The van der Waals surface area contributed by atoms with Gasteiger partial charge in [0.2, 0.25) is 0 Å². The van der Waals surface area contributed by atoms with E-state index in [9.17, 15) is 9.90 Å². The fourth-order valence-electron chi connectivity index (χ4n) is 1.72. The van der Waals surface area contributed by atoms with Gasteiger partial charge in [-0.3, -0.25) is 4.79 Å². The summed E-state index contributed by atoms with van der Waals surface area (Å²) in [6, 6.07) is 5.97. The minimum atomic E-state index is -0.976. The van der Waals surface area contributed by atoms with Gasteiger partial charge in [0.15, 0.2) is 0 Å². The second kappa shape index (κ2) is 5.84. The quantitative estimate of drug-likeness (QED) is 0.711. The van der Waals surface area contributed by atoms with Crippen LogP contribution < -0.4 is 5.32 Å². The molecule has 5 nitrogen and oxygen atoms in total. The molecule has 0 saturated heterocycles. The Labute approximate surface area is 107 Å². The van der Waals surface area contributed by atoms with Gasteiger partial charge in [0.1, 0.15) is 5.75 Å². The monoisotopic (exact) mass is 252 g/mol. The Hall–Kier alpha value is -1.59. The van der Waals surface area contributed by atoms with Crippen molar-refractivity contribution < 1.29 is 15.0 Å². The zero-order valence-corrected chi connectivity index (χ0v) is 11.0. The van der Waals surface area contributed by atoms with E-state index in [1.165, 1.54) is 24.3 Å². The van der Waals surface area contributed by atoms with Crippen LogP contribution in [0.5, 0.6) is 5.75 Å². The molecule has 0 heterocycles. The van der Waals surface area contributed by atoms with Crippen LogP contribution in [-0.2, 0) is 0 Å². The third kappa shape index (κ3) is 4.73. The molecule has 0 aliphatic rings. The lowest BCUT2D eigenvalue weighted by atomic mass is 10.1. The molecule has 0 fully saturated rings. The van der Waals surface area contributed by atoms with E-state index in [4.69, 9.17) is 5.11 Å². The van der Waals surface area contributed by atoms with E-state index in [-0.39, 0.29) is 18.2 Å². The Balaban J connectivity index is 2.53. The summed E-state index contributed by atoms with van der Waals surface area (Å²) in [6.45, 7) is 2.30. The second-order valence-electron chi connectivity index (χ2n) is 4.96. The minimum absolute atomic E-state index is 0.117. The van der Waals surface area contributed by atoms with Gasteiger partial charge >= 0.3 is 0 Å². The van der Waals surface area contributed by atoms with Crippen molar-refractivity contribution in [1.82, 2.24) is 10.2 Å². The van der Waals surface area contributed by atoms with E-state index in [1.54, 1.807) is 6.92 Å². The van der Waals surface area contributed by atoms with E-state index in [0.717, 1.165) is 0 Å². The zero-order valence-electron chi connectivity index (χ0n) is 11.0. The van der Waals surface area contributed by atoms with Gasteiger partial charge in [-0.15, -0.1) is 0 Å². The first-order valence-corrected chi connectivity index (χ1v) is 5.74. The molecular weight excluding hydrogens is 232 g/mol. The van der Waals surface area contributed by atoms with Crippen molar-refractivity contribution in [2.24, 2.45) is 0 Å². The first-order valence-electron chi connectivity index (χ1n) is 5.74. The molecule has 3 N–H and O–H groups in total. The Bertz CT molecular complexity index is 399. The van der Waals surface area contributed by atoms with Crippen molar-refractivity contribution in [3.05, 3.63) is 29.8 Å². The molecule has 1 aromatic rings. The normalized spacial score (nSPS) is 14.3. The van der Waals surface area contributed by atoms with Crippen molar-refractivity contribution in [2.75, 3.05) is 27.2 Å². The number of carbonyl (C=O) groups is 1. The number of rotatable bonds is 5. The molecule has 0 spiro atoms. The summed E-state index contributed by atoms with van der Waals surface area (Å²) in [5.41, 5.74) is -0.524. The number of hydrogen-bond acceptors (Lipinski definition) is 4. The SMILES string of the molecule is CN(C)CC(C)(O)CNC(=O)c1ccc(O)cc1. The van der Waals surface area contributed by atoms with Crippen molar-refractivity contribution in [1.29, 1.82) is 0 Å². The van der Waals surface area contributed by atoms with E-state index < -0.39 is 5.60 Å². The van der Waals surface area contributed by atoms with Crippen LogP contribution >= 0.6 is 0 Å². The lowest BCUT2D eigenvalue weighted by Gasteiger charge is -2.27. The summed E-state index contributed by atoms with van der Waals surface area (Å²) in [5.74, 6) is -0.153. The lowest BCUT2D eigenvalue weighted by Crippen LogP contribution is -2.47. The lowest BCUT2D eigenvalue weighted by molar-refractivity contribution is 0.0326. The molecule has 100 valence electrons. The van der Waals surface area contributed by atoms with Crippen LogP contribution in [0, 0.1) is 0 Å². The van der Waals surface area contributed by atoms with Crippen LogP contribution in [0.1, 0.15) is 17.3 Å². The van der Waals surface area contributed by atoms with Gasteiger partial charge in [0.25, 0.3) is 5.91 Å². The highest BCUT2D eigenvalue weighted by atomic mass is 16.3. The van der Waals surface area contributed by atoms with Gasteiger partial charge in [0, 0.05) is 18.7 Å². The molecule has 0 saturated carbocycles. The van der Waals surface area contributed by atoms with Crippen LogP contribution in [0.25, 0.3) is 0 Å². The molecule has 1 amide bonds. The maximum atomic E-state index is 11.8. The Morgan fingerprint density at radius 3 is 2.39 bits per heavy atom. The minimum Gasteiger partial charge on any atom is -0.508 e. The van der Waals surface area contributed by atoms with Crippen molar-refractivity contribution in [3.63, 3.8) is 0 Å². The van der Waals surface area contributed by atoms with Gasteiger partial charge in [0.05, 0.1) is 5.60 Å². The smallest absolute Gasteiger partial charge is 0.251 e. The average Bonchev–Trinajstić information content (AvgIpc) is 2.25. The van der Waals surface area contributed by atoms with Crippen molar-refractivity contribution >= 4 is 5.91 Å². The average molecular weight is 252 g/mol. The molecule has 1 rings (SSSR count). The molecule has 5 heteroatoms. The third-order valence-corrected chi connectivity index (χ3v) is 2.42. The molecule has 18 heavy (non-hydrogen) atoms. The molecule has 0 aromatic heterocycles. The molecule has 1 aromatic carbocycles. The van der Waals surface area contributed by atoms with E-state index >= 15 is 0 Å². The van der Waals surface area contributed by atoms with Crippen LogP contribution in [-0.4, -0.2) is 53.8 Å². The third-order valence-electron chi connectivity index (χ3n) is 2.42. The topological polar surface area (TPSA) is 72.8 Å². The Morgan fingerprint density at radius 1 is 1.33 bits per heavy atom. The number of nitrogens with one attached hydrogen (secondary N) is 1. The summed E-state index contributed by atoms with van der Waals surface area (Å²) < 4.78 is 0. The van der Waals surface area contributed by atoms with E-state index in [2.05, 4.69) is 5.32 Å². The number of amides is 1. The highest BCUT2D eigenvalue weighted by Gasteiger charge is 2.22. The molecule has 1 unspecified atom stereocenters. The Kier molecular flexibility index (Phi) is 4.69. The summed E-state index contributed by atoms with van der Waals surface area (Å²) in [6.07, 6.45) is 0. The van der Waals surface area contributed by atoms with Crippen molar-refractivity contribution in [3.8, 4) is 5.75 Å². The van der Waals surface area contributed by atoms with Gasteiger partial charge < -0.3 is 20.4 Å². The highest BCUT2D eigenvalue weighted by molar-refractivity contribution is 5.94. The maximum absolute atomic E-state index is 11.8. The standard InChI is InChI=1S/C13H20N2O3/c1-13(18,9-15(2)3)8-14-12(17)10-4-6-11(16)7-5-10/h4-7,16,18H,8-9H2,1-3H3,(H,14,17). The predicted molar refractivity (Wildman–Crippen MR) is 69.6 cm³/mol. The van der Waals surface area contributed by atoms with Gasteiger partial charge in [-0.2, -0.15) is 0 Å². The number of aromatic hydroxyl groups is 1. The molecule has 0 radical (unpaired) electrons. The number of phenols is 1. The second-order valence-corrected chi connectivity index (χ2v) is 4.96. The van der Waals surface area contributed by atoms with Gasteiger partial charge in [-0.25, -0.2) is 0 Å². The van der Waals surface area contributed by atoms with Gasteiger partial charge in [-0.1, -0.05) is 0 Å². The maximum Gasteiger partial charge on any atom is 0.251 e. The fourth-order valence-corrected chi connectivity index (χ4v) is 1.72. The highest BCUT2D eigenvalue weighted by Crippen LogP contribution is 2.10. The summed E-state index contributed by atoms with van der Waals surface area (Å²) in [5, 5.41) is 21.8. The summed E-state index contributed by atoms with van der Waals surface area (Å²) in [4.78, 5) is 13.6. The van der Waals surface area contributed by atoms with Crippen molar-refractivity contribution in [2.45, 2.75) is 12.5 Å². The summed E-state index contributed by atoms with van der Waals surface area (Å²) in [7, 11) is 3.71. The number of likely N-dealkylation sites (N-methyl/N-ethyl adjacent to an activating group) is 1. The number of aliphatic hydroxyl groups is 1. The largest absolute Gasteiger partial charge is 0.508 e.